The molecule has 0 bridgehead atoms. The Morgan fingerprint density at radius 2 is 2.06 bits per heavy atom. The number of aryl methyl sites for hydroxylation is 2. The molecule has 3 aromatic heterocycles. The van der Waals surface area contributed by atoms with E-state index in [-0.39, 0.29) is 12.5 Å². The number of amides is 1. The fourth-order valence-electron chi connectivity index (χ4n) is 4.01. The van der Waals surface area contributed by atoms with Crippen molar-refractivity contribution >= 4 is 17.2 Å². The fraction of sp³-hybridized carbons (Fsp3) is 0.308. The number of hydrogen-bond acceptors (Lipinski definition) is 6. The second kappa shape index (κ2) is 10.7. The lowest BCUT2D eigenvalue weighted by molar-refractivity contribution is -0.116. The van der Waals surface area contributed by atoms with E-state index in [1.165, 1.54) is 0 Å². The van der Waals surface area contributed by atoms with Crippen LogP contribution in [0.3, 0.4) is 0 Å². The molecule has 1 aromatic carbocycles. The number of carbonyl (C=O) groups excluding carboxylic acids is 1. The minimum atomic E-state index is -0.106. The molecule has 1 amide bonds. The maximum absolute atomic E-state index is 12.7. The van der Waals surface area contributed by atoms with Crippen LogP contribution < -0.4 is 14.8 Å². The highest BCUT2D eigenvalue weighted by atomic mass is 16.5. The first kappa shape index (κ1) is 23.8. The van der Waals surface area contributed by atoms with E-state index in [1.807, 2.05) is 53.5 Å². The van der Waals surface area contributed by atoms with Crippen LogP contribution in [-0.2, 0) is 24.4 Å². The van der Waals surface area contributed by atoms with Crippen LogP contribution in [0.4, 0.5) is 5.69 Å². The summed E-state index contributed by atoms with van der Waals surface area (Å²) in [5.41, 5.74) is 5.19. The van der Waals surface area contributed by atoms with Gasteiger partial charge in [0.2, 0.25) is 5.91 Å². The number of methoxy groups -OCH3 is 1. The third kappa shape index (κ3) is 5.61. The first-order valence-corrected chi connectivity index (χ1v) is 11.4. The van der Waals surface area contributed by atoms with Crippen LogP contribution >= 0.6 is 0 Å². The molecule has 180 valence electrons. The zero-order valence-corrected chi connectivity index (χ0v) is 20.1. The van der Waals surface area contributed by atoms with Crippen LogP contribution in [0.25, 0.3) is 5.65 Å². The van der Waals surface area contributed by atoms with Gasteiger partial charge in [-0.15, -0.1) is 0 Å². The third-order valence-electron chi connectivity index (χ3n) is 5.81. The Bertz CT molecular complexity index is 1350. The SMILES string of the molecule is COc1ccc(NC(=O)CCc2c(C)nn(CCC#N)c2C)cc1OCc1cn2ccccc2n1. The number of fused-ring (bicyclic) bond motifs is 1. The van der Waals surface area contributed by atoms with Crippen molar-refractivity contribution in [2.24, 2.45) is 0 Å². The van der Waals surface area contributed by atoms with Gasteiger partial charge in [0.25, 0.3) is 0 Å². The van der Waals surface area contributed by atoms with Crippen molar-refractivity contribution in [1.29, 1.82) is 5.26 Å². The van der Waals surface area contributed by atoms with Crippen molar-refractivity contribution < 1.29 is 14.3 Å². The number of ether oxygens (including phenoxy) is 2. The molecule has 4 aromatic rings. The van der Waals surface area contributed by atoms with E-state index in [2.05, 4.69) is 21.5 Å². The summed E-state index contributed by atoms with van der Waals surface area (Å²) in [4.78, 5) is 17.2. The van der Waals surface area contributed by atoms with Crippen molar-refractivity contribution in [3.8, 4) is 17.6 Å². The number of imidazole rings is 1. The molecular weight excluding hydrogens is 444 g/mol. The van der Waals surface area contributed by atoms with Gasteiger partial charge in [-0.2, -0.15) is 10.4 Å². The zero-order valence-electron chi connectivity index (χ0n) is 20.1. The van der Waals surface area contributed by atoms with Crippen molar-refractivity contribution in [3.05, 3.63) is 71.4 Å². The first-order chi connectivity index (χ1) is 17.0. The molecule has 1 N–H and O–H groups in total. The lowest BCUT2D eigenvalue weighted by atomic mass is 10.1. The van der Waals surface area contributed by atoms with Gasteiger partial charge in [-0.25, -0.2) is 4.98 Å². The number of benzene rings is 1. The Balaban J connectivity index is 1.38. The molecule has 0 saturated heterocycles. The number of nitrogens with one attached hydrogen (secondary N) is 1. The molecule has 0 aliphatic heterocycles. The highest BCUT2D eigenvalue weighted by molar-refractivity contribution is 5.91. The topological polar surface area (TPSA) is 106 Å². The van der Waals surface area contributed by atoms with Crippen LogP contribution in [0.5, 0.6) is 11.5 Å². The number of carbonyl (C=O) groups is 1. The third-order valence-corrected chi connectivity index (χ3v) is 5.81. The van der Waals surface area contributed by atoms with Crippen molar-refractivity contribution in [2.45, 2.75) is 46.3 Å². The Labute approximate surface area is 203 Å². The van der Waals surface area contributed by atoms with Crippen molar-refractivity contribution in [3.63, 3.8) is 0 Å². The summed E-state index contributed by atoms with van der Waals surface area (Å²) in [6, 6.07) is 13.2. The van der Waals surface area contributed by atoms with E-state index in [1.54, 1.807) is 25.3 Å². The number of hydrogen-bond donors (Lipinski definition) is 1. The molecule has 0 spiro atoms. The molecule has 0 aliphatic rings. The van der Waals surface area contributed by atoms with E-state index in [9.17, 15) is 4.79 Å². The van der Waals surface area contributed by atoms with Gasteiger partial charge in [0.05, 0.1) is 37.5 Å². The second-order valence-corrected chi connectivity index (χ2v) is 8.18. The quantitative estimate of drug-likeness (QED) is 0.370. The summed E-state index contributed by atoms with van der Waals surface area (Å²) >= 11 is 0. The number of nitriles is 1. The molecule has 9 nitrogen and oxygen atoms in total. The first-order valence-electron chi connectivity index (χ1n) is 11.4. The minimum Gasteiger partial charge on any atom is -0.493 e. The molecule has 35 heavy (non-hydrogen) atoms. The Hall–Kier alpha value is -4.32. The molecule has 0 fully saturated rings. The number of nitrogens with zero attached hydrogens (tertiary/aromatic N) is 5. The summed E-state index contributed by atoms with van der Waals surface area (Å²) in [5, 5.41) is 16.3. The van der Waals surface area contributed by atoms with E-state index in [4.69, 9.17) is 14.7 Å². The van der Waals surface area contributed by atoms with Gasteiger partial charge in [0.1, 0.15) is 12.3 Å². The highest BCUT2D eigenvalue weighted by Crippen LogP contribution is 2.31. The predicted molar refractivity (Wildman–Crippen MR) is 131 cm³/mol. The van der Waals surface area contributed by atoms with Gasteiger partial charge < -0.3 is 19.2 Å². The van der Waals surface area contributed by atoms with E-state index in [0.29, 0.717) is 43.0 Å². The van der Waals surface area contributed by atoms with E-state index >= 15 is 0 Å². The lowest BCUT2D eigenvalue weighted by Crippen LogP contribution is -2.13. The maximum atomic E-state index is 12.7. The molecule has 3 heterocycles. The number of pyridine rings is 1. The van der Waals surface area contributed by atoms with Crippen LogP contribution in [0, 0.1) is 25.2 Å². The Kier molecular flexibility index (Phi) is 7.31. The second-order valence-electron chi connectivity index (χ2n) is 8.18. The largest absolute Gasteiger partial charge is 0.493 e. The predicted octanol–water partition coefficient (Wildman–Crippen LogP) is 4.22. The van der Waals surface area contributed by atoms with Gasteiger partial charge in [-0.05, 0) is 50.1 Å². The molecule has 0 aliphatic carbocycles. The molecule has 9 heteroatoms. The summed E-state index contributed by atoms with van der Waals surface area (Å²) < 4.78 is 15.2. The van der Waals surface area contributed by atoms with Crippen LogP contribution in [0.2, 0.25) is 0 Å². The lowest BCUT2D eigenvalue weighted by Gasteiger charge is -2.12. The number of aromatic nitrogens is 4. The molecular formula is C26H28N6O3. The van der Waals surface area contributed by atoms with Gasteiger partial charge in [0, 0.05) is 36.3 Å². The normalized spacial score (nSPS) is 10.8. The summed E-state index contributed by atoms with van der Waals surface area (Å²) in [7, 11) is 1.58. The van der Waals surface area contributed by atoms with E-state index < -0.39 is 0 Å². The zero-order chi connectivity index (χ0) is 24.8. The van der Waals surface area contributed by atoms with Crippen LogP contribution in [0.1, 0.15) is 35.5 Å². The minimum absolute atomic E-state index is 0.106. The highest BCUT2D eigenvalue weighted by Gasteiger charge is 2.14. The average Bonchev–Trinajstić information content (AvgIpc) is 3.39. The summed E-state index contributed by atoms with van der Waals surface area (Å²) in [5.74, 6) is 0.987. The summed E-state index contributed by atoms with van der Waals surface area (Å²) in [6.45, 7) is 4.73. The molecule has 0 radical (unpaired) electrons. The fourth-order valence-corrected chi connectivity index (χ4v) is 4.01. The molecule has 4 rings (SSSR count). The average molecular weight is 473 g/mol. The Morgan fingerprint density at radius 3 is 2.83 bits per heavy atom. The van der Waals surface area contributed by atoms with Crippen LogP contribution in [0.15, 0.2) is 48.8 Å². The van der Waals surface area contributed by atoms with Gasteiger partial charge >= 0.3 is 0 Å². The van der Waals surface area contributed by atoms with Gasteiger partial charge in [-0.1, -0.05) is 6.07 Å². The molecule has 0 saturated carbocycles. The number of anilines is 1. The maximum Gasteiger partial charge on any atom is 0.224 e. The molecule has 0 atom stereocenters. The standard InChI is InChI=1S/C26H28N6O3/c1-18-22(19(2)32(30-18)14-6-12-27)9-11-26(33)29-20-8-10-23(34-3)24(15-20)35-17-21-16-31-13-5-4-7-25(31)28-21/h4-5,7-8,10,13,15-16H,6,9,11,14,17H2,1-3H3,(H,29,33). The smallest absolute Gasteiger partial charge is 0.224 e. The molecule has 0 unspecified atom stereocenters. The van der Waals surface area contributed by atoms with E-state index in [0.717, 1.165) is 28.3 Å². The number of rotatable bonds is 10. The van der Waals surface area contributed by atoms with Gasteiger partial charge in [-0.3, -0.25) is 9.48 Å². The summed E-state index contributed by atoms with van der Waals surface area (Å²) in [6.07, 6.45) is 5.14. The van der Waals surface area contributed by atoms with Crippen LogP contribution in [-0.4, -0.2) is 32.2 Å². The van der Waals surface area contributed by atoms with Crippen molar-refractivity contribution in [1.82, 2.24) is 19.2 Å². The Morgan fingerprint density at radius 1 is 1.20 bits per heavy atom. The van der Waals surface area contributed by atoms with Crippen molar-refractivity contribution in [2.75, 3.05) is 12.4 Å². The monoisotopic (exact) mass is 472 g/mol. The van der Waals surface area contributed by atoms with Gasteiger partial charge in [0.15, 0.2) is 11.5 Å².